The minimum absolute atomic E-state index is 0.201. The van der Waals surface area contributed by atoms with Gasteiger partial charge in [-0.15, -0.1) is 0 Å². The second kappa shape index (κ2) is 14.0. The van der Waals surface area contributed by atoms with Crippen LogP contribution in [0, 0.1) is 5.92 Å². The molecular formula is C27H25Br2Cl2N3O4. The second-order valence-electron chi connectivity index (χ2n) is 8.51. The summed E-state index contributed by atoms with van der Waals surface area (Å²) >= 11 is 18.9. The van der Waals surface area contributed by atoms with Crippen molar-refractivity contribution in [2.24, 2.45) is 11.0 Å². The van der Waals surface area contributed by atoms with E-state index >= 15 is 0 Å². The molecule has 3 aromatic rings. The minimum Gasteiger partial charge on any atom is -0.493 e. The van der Waals surface area contributed by atoms with Crippen LogP contribution in [0.15, 0.2) is 68.6 Å². The van der Waals surface area contributed by atoms with Crippen LogP contribution in [-0.2, 0) is 11.4 Å². The standard InChI is InChI=1S/C27H25Br2Cl2N3O4/c1-15(2)24(33-26(35)18-6-9-21(30)22(31)12-18)27(36)34-32-13-17-10-20(29)25(23(11-17)37-3)38-14-16-4-7-19(28)8-5-16/h4-13,15,24H,14H2,1-3H3,(H,33,35)(H,34,36). The largest absolute Gasteiger partial charge is 0.493 e. The number of hydrogen-bond donors (Lipinski definition) is 2. The number of hydrazone groups is 1. The number of nitrogens with zero attached hydrogens (tertiary/aromatic N) is 1. The summed E-state index contributed by atoms with van der Waals surface area (Å²) in [7, 11) is 1.54. The van der Waals surface area contributed by atoms with Crippen LogP contribution in [-0.4, -0.2) is 31.2 Å². The highest BCUT2D eigenvalue weighted by Gasteiger charge is 2.25. The van der Waals surface area contributed by atoms with Gasteiger partial charge in [-0.25, -0.2) is 5.43 Å². The highest BCUT2D eigenvalue weighted by Crippen LogP contribution is 2.37. The molecule has 38 heavy (non-hydrogen) atoms. The maximum Gasteiger partial charge on any atom is 0.262 e. The molecule has 0 saturated heterocycles. The van der Waals surface area contributed by atoms with Crippen molar-refractivity contribution >= 4 is 73.1 Å². The number of halogens is 4. The fourth-order valence-corrected chi connectivity index (χ4v) is 4.46. The number of carbonyl (C=O) groups is 2. The lowest BCUT2D eigenvalue weighted by atomic mass is 10.0. The average Bonchev–Trinajstić information content (AvgIpc) is 2.88. The van der Waals surface area contributed by atoms with Crippen molar-refractivity contribution in [1.29, 1.82) is 0 Å². The van der Waals surface area contributed by atoms with Crippen LogP contribution < -0.4 is 20.2 Å². The Morgan fingerprint density at radius 2 is 1.74 bits per heavy atom. The monoisotopic (exact) mass is 683 g/mol. The van der Waals surface area contributed by atoms with E-state index in [1.54, 1.807) is 19.2 Å². The van der Waals surface area contributed by atoms with E-state index in [0.29, 0.717) is 38.7 Å². The first-order valence-electron chi connectivity index (χ1n) is 11.4. The maximum atomic E-state index is 12.8. The molecule has 0 radical (unpaired) electrons. The van der Waals surface area contributed by atoms with Gasteiger partial charge < -0.3 is 14.8 Å². The molecule has 1 unspecified atom stereocenters. The highest BCUT2D eigenvalue weighted by molar-refractivity contribution is 9.10. The molecule has 0 aromatic heterocycles. The number of carbonyl (C=O) groups excluding carboxylic acids is 2. The van der Waals surface area contributed by atoms with Crippen LogP contribution in [0.5, 0.6) is 11.5 Å². The van der Waals surface area contributed by atoms with Gasteiger partial charge in [0.15, 0.2) is 11.5 Å². The third-order valence-electron chi connectivity index (χ3n) is 5.35. The van der Waals surface area contributed by atoms with E-state index in [1.165, 1.54) is 24.4 Å². The fraction of sp³-hybridized carbons (Fsp3) is 0.222. The van der Waals surface area contributed by atoms with Gasteiger partial charge in [-0.05, 0) is 75.4 Å². The molecule has 11 heteroatoms. The van der Waals surface area contributed by atoms with Crippen LogP contribution in [0.4, 0.5) is 0 Å². The van der Waals surface area contributed by atoms with Crippen LogP contribution in [0.1, 0.15) is 35.3 Å². The van der Waals surface area contributed by atoms with Gasteiger partial charge in [0.25, 0.3) is 11.8 Å². The number of ether oxygens (including phenoxy) is 2. The number of rotatable bonds is 10. The van der Waals surface area contributed by atoms with Gasteiger partial charge >= 0.3 is 0 Å². The Morgan fingerprint density at radius 3 is 2.37 bits per heavy atom. The summed E-state index contributed by atoms with van der Waals surface area (Å²) in [6.07, 6.45) is 1.47. The first-order chi connectivity index (χ1) is 18.1. The lowest BCUT2D eigenvalue weighted by molar-refractivity contribution is -0.123. The molecule has 0 aliphatic carbocycles. The summed E-state index contributed by atoms with van der Waals surface area (Å²) in [5, 5.41) is 7.37. The quantitative estimate of drug-likeness (QED) is 0.178. The normalized spacial score (nSPS) is 11.9. The van der Waals surface area contributed by atoms with Gasteiger partial charge in [0.2, 0.25) is 0 Å². The van der Waals surface area contributed by atoms with Crippen LogP contribution in [0.25, 0.3) is 0 Å². The van der Waals surface area contributed by atoms with E-state index in [2.05, 4.69) is 47.7 Å². The molecule has 2 amide bonds. The third kappa shape index (κ3) is 8.20. The Kier molecular flexibility index (Phi) is 11.0. The van der Waals surface area contributed by atoms with Crippen molar-refractivity contribution in [3.05, 3.63) is 90.3 Å². The molecule has 2 N–H and O–H groups in total. The summed E-state index contributed by atoms with van der Waals surface area (Å²) in [5.74, 6) is -0.0769. The number of nitrogens with one attached hydrogen (secondary N) is 2. The van der Waals surface area contributed by atoms with E-state index in [4.69, 9.17) is 32.7 Å². The molecule has 0 heterocycles. The summed E-state index contributed by atoms with van der Waals surface area (Å²) in [4.78, 5) is 25.5. The summed E-state index contributed by atoms with van der Waals surface area (Å²) in [5.41, 5.74) is 4.44. The Balaban J connectivity index is 1.66. The summed E-state index contributed by atoms with van der Waals surface area (Å²) in [6.45, 7) is 3.99. The van der Waals surface area contributed by atoms with E-state index in [1.807, 2.05) is 38.1 Å². The second-order valence-corrected chi connectivity index (χ2v) is 11.1. The Bertz CT molecular complexity index is 1330. The first-order valence-corrected chi connectivity index (χ1v) is 13.8. The predicted molar refractivity (Wildman–Crippen MR) is 157 cm³/mol. The van der Waals surface area contributed by atoms with Crippen molar-refractivity contribution in [2.75, 3.05) is 7.11 Å². The molecule has 0 spiro atoms. The topological polar surface area (TPSA) is 89.0 Å². The first kappa shape index (κ1) is 30.0. The molecule has 0 aliphatic heterocycles. The summed E-state index contributed by atoms with van der Waals surface area (Å²) in [6, 6.07) is 15.0. The Labute approximate surface area is 248 Å². The van der Waals surface area contributed by atoms with E-state index in [9.17, 15) is 9.59 Å². The third-order valence-corrected chi connectivity index (χ3v) is 7.21. The van der Waals surface area contributed by atoms with Crippen LogP contribution in [0.3, 0.4) is 0 Å². The molecule has 0 aliphatic rings. The van der Waals surface area contributed by atoms with Gasteiger partial charge in [-0.1, -0.05) is 65.1 Å². The molecule has 3 rings (SSSR count). The fourth-order valence-electron chi connectivity index (χ4n) is 3.33. The zero-order valence-corrected chi connectivity index (χ0v) is 25.4. The van der Waals surface area contributed by atoms with Gasteiger partial charge in [0.1, 0.15) is 12.6 Å². The molecule has 1 atom stereocenters. The predicted octanol–water partition coefficient (Wildman–Crippen LogP) is 7.01. The zero-order valence-electron chi connectivity index (χ0n) is 20.7. The van der Waals surface area contributed by atoms with Gasteiger partial charge in [0.05, 0.1) is 27.8 Å². The number of methoxy groups -OCH3 is 1. The average molecular weight is 686 g/mol. The maximum absolute atomic E-state index is 12.8. The number of benzene rings is 3. The van der Waals surface area contributed by atoms with Gasteiger partial charge in [0, 0.05) is 10.0 Å². The number of hydrogen-bond acceptors (Lipinski definition) is 5. The lowest BCUT2D eigenvalue weighted by Gasteiger charge is -2.20. The Morgan fingerprint density at radius 1 is 1.03 bits per heavy atom. The van der Waals surface area contributed by atoms with E-state index in [0.717, 1.165) is 10.0 Å². The molecule has 3 aromatic carbocycles. The molecule has 0 saturated carbocycles. The minimum atomic E-state index is -0.829. The molecule has 200 valence electrons. The Hall–Kier alpha value is -2.59. The smallest absolute Gasteiger partial charge is 0.262 e. The molecule has 0 fully saturated rings. The van der Waals surface area contributed by atoms with Crippen molar-refractivity contribution in [2.45, 2.75) is 26.5 Å². The van der Waals surface area contributed by atoms with Crippen molar-refractivity contribution in [3.8, 4) is 11.5 Å². The van der Waals surface area contributed by atoms with E-state index in [-0.39, 0.29) is 10.9 Å². The van der Waals surface area contributed by atoms with Crippen LogP contribution in [0.2, 0.25) is 10.0 Å². The van der Waals surface area contributed by atoms with Gasteiger partial charge in [-0.2, -0.15) is 5.10 Å². The molecule has 7 nitrogen and oxygen atoms in total. The SMILES string of the molecule is COc1cc(C=NNC(=O)C(NC(=O)c2ccc(Cl)c(Cl)c2)C(C)C)cc(Br)c1OCc1ccc(Br)cc1. The van der Waals surface area contributed by atoms with Crippen molar-refractivity contribution in [3.63, 3.8) is 0 Å². The van der Waals surface area contributed by atoms with Crippen molar-refractivity contribution < 1.29 is 19.1 Å². The zero-order chi connectivity index (χ0) is 27.8. The molecule has 0 bridgehead atoms. The molecular weight excluding hydrogens is 661 g/mol. The lowest BCUT2D eigenvalue weighted by Crippen LogP contribution is -2.48. The summed E-state index contributed by atoms with van der Waals surface area (Å²) < 4.78 is 13.1. The number of amides is 2. The highest BCUT2D eigenvalue weighted by atomic mass is 79.9. The van der Waals surface area contributed by atoms with Crippen molar-refractivity contribution in [1.82, 2.24) is 10.7 Å². The van der Waals surface area contributed by atoms with E-state index < -0.39 is 17.9 Å². The van der Waals surface area contributed by atoms with Gasteiger partial charge in [-0.3, -0.25) is 9.59 Å². The van der Waals surface area contributed by atoms with Crippen LogP contribution >= 0.6 is 55.1 Å².